The van der Waals surface area contributed by atoms with E-state index in [1.807, 2.05) is 36.4 Å². The topological polar surface area (TPSA) is 76.2 Å². The molecule has 6 nitrogen and oxygen atoms in total. The molecule has 1 aliphatic rings. The van der Waals surface area contributed by atoms with Crippen LogP contribution in [0.4, 0.5) is 0 Å². The number of nitrogens with zero attached hydrogens (tertiary/aromatic N) is 1. The van der Waals surface area contributed by atoms with Gasteiger partial charge in [0.2, 0.25) is 5.91 Å². The van der Waals surface area contributed by atoms with Gasteiger partial charge >= 0.3 is 0 Å². The largest absolute Gasteiger partial charge is 0.496 e. The second-order valence-corrected chi connectivity index (χ2v) is 7.98. The summed E-state index contributed by atoms with van der Waals surface area (Å²) in [5, 5.41) is 3.08. The van der Waals surface area contributed by atoms with E-state index in [0.717, 1.165) is 66.0 Å². The molecule has 0 aliphatic heterocycles. The molecule has 3 aromatic rings. The van der Waals surface area contributed by atoms with Crippen LogP contribution in [0.25, 0.3) is 11.0 Å². The van der Waals surface area contributed by atoms with Crippen LogP contribution in [0.15, 0.2) is 42.5 Å². The van der Waals surface area contributed by atoms with Crippen LogP contribution in [-0.2, 0) is 17.8 Å². The van der Waals surface area contributed by atoms with Crippen LogP contribution in [-0.4, -0.2) is 30.1 Å². The number of carbonyl (C=O) groups is 1. The molecule has 2 aromatic carbocycles. The number of methoxy groups -OCH3 is 2. The molecule has 30 heavy (non-hydrogen) atoms. The number of aromatic nitrogens is 2. The first-order valence-electron chi connectivity index (χ1n) is 10.6. The Labute approximate surface area is 177 Å². The lowest BCUT2D eigenvalue weighted by Crippen LogP contribution is -2.33. The molecule has 0 bridgehead atoms. The third kappa shape index (κ3) is 4.42. The minimum absolute atomic E-state index is 0.0672. The van der Waals surface area contributed by atoms with E-state index in [9.17, 15) is 4.79 Å². The van der Waals surface area contributed by atoms with Gasteiger partial charge in [0.25, 0.3) is 0 Å². The number of aromatic amines is 1. The van der Waals surface area contributed by atoms with Crippen LogP contribution < -0.4 is 14.8 Å². The molecule has 1 heterocycles. The highest BCUT2D eigenvalue weighted by Crippen LogP contribution is 2.32. The average molecular weight is 408 g/mol. The zero-order chi connectivity index (χ0) is 20.9. The average Bonchev–Trinajstić information content (AvgIpc) is 3.20. The monoisotopic (exact) mass is 407 g/mol. The van der Waals surface area contributed by atoms with Crippen LogP contribution in [0.5, 0.6) is 11.5 Å². The predicted molar refractivity (Wildman–Crippen MR) is 117 cm³/mol. The van der Waals surface area contributed by atoms with E-state index >= 15 is 0 Å². The fourth-order valence-electron chi connectivity index (χ4n) is 4.43. The molecule has 0 unspecified atom stereocenters. The summed E-state index contributed by atoms with van der Waals surface area (Å²) in [5.41, 5.74) is 2.98. The van der Waals surface area contributed by atoms with Gasteiger partial charge in [-0.25, -0.2) is 4.98 Å². The smallest absolute Gasteiger partial charge is 0.223 e. The van der Waals surface area contributed by atoms with Crippen molar-refractivity contribution in [1.82, 2.24) is 15.3 Å². The van der Waals surface area contributed by atoms with Gasteiger partial charge in [0, 0.05) is 12.3 Å². The van der Waals surface area contributed by atoms with E-state index in [-0.39, 0.29) is 11.8 Å². The van der Waals surface area contributed by atoms with Gasteiger partial charge in [0.1, 0.15) is 17.3 Å². The Balaban J connectivity index is 1.29. The summed E-state index contributed by atoms with van der Waals surface area (Å²) < 4.78 is 10.8. The van der Waals surface area contributed by atoms with E-state index in [2.05, 4.69) is 16.4 Å². The van der Waals surface area contributed by atoms with E-state index in [4.69, 9.17) is 14.5 Å². The number of fused-ring (bicyclic) bond motifs is 1. The molecule has 1 amide bonds. The van der Waals surface area contributed by atoms with Gasteiger partial charge in [0.05, 0.1) is 37.4 Å². The molecule has 2 N–H and O–H groups in total. The number of nitrogens with one attached hydrogen (secondary N) is 2. The van der Waals surface area contributed by atoms with Crippen molar-refractivity contribution in [3.8, 4) is 11.5 Å². The maximum atomic E-state index is 12.7. The normalized spacial score (nSPS) is 18.9. The van der Waals surface area contributed by atoms with Crippen LogP contribution in [0.1, 0.15) is 37.1 Å². The molecule has 0 atom stereocenters. The first-order valence-corrected chi connectivity index (χ1v) is 10.6. The summed E-state index contributed by atoms with van der Waals surface area (Å²) in [4.78, 5) is 20.9. The van der Waals surface area contributed by atoms with E-state index in [1.165, 1.54) is 0 Å². The number of amides is 1. The van der Waals surface area contributed by atoms with Gasteiger partial charge in [-0.05, 0) is 55.9 Å². The summed E-state index contributed by atoms with van der Waals surface area (Å²) in [7, 11) is 3.26. The predicted octanol–water partition coefficient (Wildman–Crippen LogP) is 4.25. The number of carbonyl (C=O) groups excluding carboxylic acids is 1. The zero-order valence-corrected chi connectivity index (χ0v) is 17.6. The number of imidazole rings is 1. The zero-order valence-electron chi connectivity index (χ0n) is 17.6. The summed E-state index contributed by atoms with van der Waals surface area (Å²) in [6, 6.07) is 13.8. The van der Waals surface area contributed by atoms with Gasteiger partial charge in [0.15, 0.2) is 0 Å². The molecule has 0 saturated heterocycles. The van der Waals surface area contributed by atoms with Crippen molar-refractivity contribution < 1.29 is 14.3 Å². The molecule has 0 spiro atoms. The molecular formula is C24H29N3O3. The number of H-pyrrole nitrogens is 1. The van der Waals surface area contributed by atoms with Crippen LogP contribution >= 0.6 is 0 Å². The van der Waals surface area contributed by atoms with Crippen LogP contribution in [0.3, 0.4) is 0 Å². The van der Waals surface area contributed by atoms with E-state index in [1.54, 1.807) is 14.2 Å². The maximum Gasteiger partial charge on any atom is 0.223 e. The minimum atomic E-state index is 0.0672. The van der Waals surface area contributed by atoms with Crippen LogP contribution in [0.2, 0.25) is 0 Å². The first kappa shape index (κ1) is 20.3. The summed E-state index contributed by atoms with van der Waals surface area (Å²) in [5.74, 6) is 3.26. The molecule has 1 aliphatic carbocycles. The fourth-order valence-corrected chi connectivity index (χ4v) is 4.43. The molecule has 0 radical (unpaired) electrons. The van der Waals surface area contributed by atoms with Crippen molar-refractivity contribution in [2.75, 3.05) is 14.2 Å². The minimum Gasteiger partial charge on any atom is -0.496 e. The van der Waals surface area contributed by atoms with Gasteiger partial charge < -0.3 is 19.8 Å². The maximum absolute atomic E-state index is 12.7. The number of hydrogen-bond donors (Lipinski definition) is 2. The summed E-state index contributed by atoms with van der Waals surface area (Å²) in [6.45, 7) is 0.408. The fraction of sp³-hybridized carbons (Fsp3) is 0.417. The standard InChI is InChI=1S/C24H29N3O3/c1-29-21-8-5-9-22(30-2)18(21)15-25-24(28)17-12-10-16(11-13-17)14-23-26-19-6-3-4-7-20(19)27-23/h3-9,16-17H,10-15H2,1-2H3,(H,25,28)(H,26,27). The third-order valence-electron chi connectivity index (χ3n) is 6.11. The lowest BCUT2D eigenvalue weighted by atomic mass is 9.80. The van der Waals surface area contributed by atoms with Gasteiger partial charge in [-0.15, -0.1) is 0 Å². The number of ether oxygens (including phenoxy) is 2. The molecule has 6 heteroatoms. The second-order valence-electron chi connectivity index (χ2n) is 7.98. The van der Waals surface area contributed by atoms with E-state index in [0.29, 0.717) is 12.5 Å². The highest BCUT2D eigenvalue weighted by Gasteiger charge is 2.27. The number of hydrogen-bond acceptors (Lipinski definition) is 4. The lowest BCUT2D eigenvalue weighted by molar-refractivity contribution is -0.126. The Morgan fingerprint density at radius 1 is 1.03 bits per heavy atom. The van der Waals surface area contributed by atoms with Crippen molar-refractivity contribution in [2.45, 2.75) is 38.6 Å². The SMILES string of the molecule is COc1cccc(OC)c1CNC(=O)C1CCC(Cc2nc3ccccc3[nH]2)CC1. The quantitative estimate of drug-likeness (QED) is 0.614. The van der Waals surface area contributed by atoms with E-state index < -0.39 is 0 Å². The second kappa shape index (κ2) is 9.20. The summed E-state index contributed by atoms with van der Waals surface area (Å²) >= 11 is 0. The Morgan fingerprint density at radius 2 is 1.73 bits per heavy atom. The Kier molecular flexibility index (Phi) is 6.21. The molecule has 1 saturated carbocycles. The van der Waals surface area contributed by atoms with Crippen molar-refractivity contribution in [2.24, 2.45) is 11.8 Å². The summed E-state index contributed by atoms with van der Waals surface area (Å²) in [6.07, 6.45) is 4.88. The van der Waals surface area contributed by atoms with Gasteiger partial charge in [-0.3, -0.25) is 4.79 Å². The third-order valence-corrected chi connectivity index (χ3v) is 6.11. The molecule has 158 valence electrons. The first-order chi connectivity index (χ1) is 14.7. The highest BCUT2D eigenvalue weighted by atomic mass is 16.5. The Hall–Kier alpha value is -3.02. The Morgan fingerprint density at radius 3 is 2.40 bits per heavy atom. The molecular weight excluding hydrogens is 378 g/mol. The number of rotatable bonds is 7. The Bertz CT molecular complexity index is 951. The van der Waals surface area contributed by atoms with Gasteiger partial charge in [-0.1, -0.05) is 18.2 Å². The van der Waals surface area contributed by atoms with Gasteiger partial charge in [-0.2, -0.15) is 0 Å². The number of para-hydroxylation sites is 2. The van der Waals surface area contributed by atoms with Crippen molar-refractivity contribution in [3.63, 3.8) is 0 Å². The van der Waals surface area contributed by atoms with Crippen molar-refractivity contribution in [3.05, 3.63) is 53.9 Å². The van der Waals surface area contributed by atoms with Crippen LogP contribution in [0, 0.1) is 11.8 Å². The van der Waals surface area contributed by atoms with Crippen molar-refractivity contribution >= 4 is 16.9 Å². The molecule has 1 fully saturated rings. The highest BCUT2D eigenvalue weighted by molar-refractivity contribution is 5.79. The lowest BCUT2D eigenvalue weighted by Gasteiger charge is -2.27. The number of benzene rings is 2. The van der Waals surface area contributed by atoms with Crippen molar-refractivity contribution in [1.29, 1.82) is 0 Å². The molecule has 1 aromatic heterocycles. The molecule has 4 rings (SSSR count).